The third kappa shape index (κ3) is 13.3. The highest BCUT2D eigenvalue weighted by molar-refractivity contribution is 7.89. The maximum atomic E-state index is 13.9. The molecule has 5 aromatic rings. The van der Waals surface area contributed by atoms with Gasteiger partial charge in [0.2, 0.25) is 21.8 Å². The average Bonchev–Trinajstić information content (AvgIpc) is 3.27. The van der Waals surface area contributed by atoms with Crippen molar-refractivity contribution in [3.05, 3.63) is 178 Å². The number of nitro groups is 1. The van der Waals surface area contributed by atoms with Crippen LogP contribution in [0.15, 0.2) is 150 Å². The van der Waals surface area contributed by atoms with Gasteiger partial charge in [0.25, 0.3) is 5.69 Å². The fraction of sp³-hybridized carbons (Fsp3) is 0.289. The number of nitrogens with zero attached hydrogens (tertiary/aromatic N) is 1. The minimum Gasteiger partial charge on any atom is -0.374 e. The molecule has 0 bridgehead atoms. The van der Waals surface area contributed by atoms with E-state index in [9.17, 15) is 28.1 Å². The van der Waals surface area contributed by atoms with Gasteiger partial charge in [0, 0.05) is 25.6 Å². The number of benzene rings is 5. The van der Waals surface area contributed by atoms with Gasteiger partial charge >= 0.3 is 0 Å². The van der Waals surface area contributed by atoms with Gasteiger partial charge in [-0.2, -0.15) is 4.72 Å². The van der Waals surface area contributed by atoms with Crippen molar-refractivity contribution in [3.8, 4) is 0 Å². The molecule has 0 saturated carbocycles. The summed E-state index contributed by atoms with van der Waals surface area (Å²) in [5.74, 6) is -1.17. The number of non-ortho nitro benzene ring substituents is 1. The summed E-state index contributed by atoms with van der Waals surface area (Å²) in [5, 5.41) is 16.9. The molecule has 1 heterocycles. The Balaban J connectivity index is 1.30. The zero-order chi connectivity index (χ0) is 43.0. The van der Waals surface area contributed by atoms with Crippen molar-refractivity contribution in [3.63, 3.8) is 0 Å². The van der Waals surface area contributed by atoms with Gasteiger partial charge in [-0.1, -0.05) is 121 Å². The molecule has 0 unspecified atom stereocenters. The smallest absolute Gasteiger partial charge is 0.269 e. The number of carbonyl (C=O) groups is 2. The maximum absolute atomic E-state index is 13.9. The van der Waals surface area contributed by atoms with Crippen molar-refractivity contribution in [2.24, 2.45) is 0 Å². The first-order valence-corrected chi connectivity index (χ1v) is 21.1. The molecule has 1 aliphatic heterocycles. The van der Waals surface area contributed by atoms with Crippen molar-refractivity contribution >= 4 is 27.5 Å². The Morgan fingerprint density at radius 1 is 0.705 bits per heavy atom. The molecule has 3 N–H and O–H groups in total. The highest BCUT2D eigenvalue weighted by atomic mass is 32.2. The highest BCUT2D eigenvalue weighted by Gasteiger charge is 2.49. The second kappa shape index (κ2) is 22.1. The number of ether oxygens (including phenoxy) is 5. The summed E-state index contributed by atoms with van der Waals surface area (Å²) in [4.78, 5) is 37.1. The van der Waals surface area contributed by atoms with E-state index in [1.807, 2.05) is 97.1 Å². The van der Waals surface area contributed by atoms with Gasteiger partial charge in [-0.3, -0.25) is 19.7 Å². The largest absolute Gasteiger partial charge is 0.374 e. The Kier molecular flexibility index (Phi) is 16.2. The van der Waals surface area contributed by atoms with Crippen LogP contribution in [0.1, 0.15) is 29.2 Å². The summed E-state index contributed by atoms with van der Waals surface area (Å²) >= 11 is 0. The standard InChI is InChI=1S/C45H48N4O11S/c1-32(50)47-41-43(58-29-36-20-12-5-13-21-36)42(57-28-35-18-10-4-11-19-35)40(31-56-27-34-16-8-3-9-17-34)60-45(41)59-30-39(44(51)46-26-33-14-6-2-7-15-33)48-61(54,55)38-24-22-37(23-25-38)49(52)53/h2-25,39-43,45,48H,26-31H2,1H3,(H,46,51)(H,47,50)/t39-,40-,41-,42+,43-,45+/m1/s1. The fourth-order valence-corrected chi connectivity index (χ4v) is 7.81. The predicted octanol–water partition coefficient (Wildman–Crippen LogP) is 5.19. The van der Waals surface area contributed by atoms with Gasteiger partial charge in [-0.05, 0) is 34.4 Å². The zero-order valence-corrected chi connectivity index (χ0v) is 34.2. The molecule has 0 spiro atoms. The lowest BCUT2D eigenvalue weighted by molar-refractivity contribution is -0.384. The minimum atomic E-state index is -4.45. The second-order valence-corrected chi connectivity index (χ2v) is 16.0. The SMILES string of the molecule is CC(=O)N[C@H]1[C@@H](OC[C@@H](NS(=O)(=O)c2ccc([N+](=O)[O-])cc2)C(=O)NCc2ccccc2)O[C@H](COCc2ccccc2)[C@H](OCc2ccccc2)[C@@H]1OCc1ccccc1. The lowest BCUT2D eigenvalue weighted by atomic mass is 9.95. The van der Waals surface area contributed by atoms with Gasteiger partial charge in [-0.25, -0.2) is 8.42 Å². The van der Waals surface area contributed by atoms with Crippen LogP contribution in [0.4, 0.5) is 5.69 Å². The van der Waals surface area contributed by atoms with Crippen LogP contribution in [-0.2, 0) is 69.7 Å². The molecule has 61 heavy (non-hydrogen) atoms. The van der Waals surface area contributed by atoms with Crippen LogP contribution < -0.4 is 15.4 Å². The van der Waals surface area contributed by atoms with E-state index in [1.165, 1.54) is 6.92 Å². The molecule has 320 valence electrons. The quantitative estimate of drug-likeness (QED) is 0.0650. The summed E-state index contributed by atoms with van der Waals surface area (Å²) in [7, 11) is -4.45. The molecule has 2 amide bonds. The Hall–Kier alpha value is -5.85. The monoisotopic (exact) mass is 852 g/mol. The van der Waals surface area contributed by atoms with Crippen LogP contribution in [0.2, 0.25) is 0 Å². The molecule has 0 aliphatic carbocycles. The molecule has 1 saturated heterocycles. The zero-order valence-electron chi connectivity index (χ0n) is 33.4. The molecular weight excluding hydrogens is 805 g/mol. The molecule has 1 fully saturated rings. The van der Waals surface area contributed by atoms with Gasteiger partial charge in [0.05, 0.1) is 42.9 Å². The van der Waals surface area contributed by atoms with Gasteiger partial charge in [0.15, 0.2) is 6.29 Å². The molecule has 0 aromatic heterocycles. The number of carbonyl (C=O) groups excluding carboxylic acids is 2. The van der Waals surface area contributed by atoms with Gasteiger partial charge in [-0.15, -0.1) is 0 Å². The van der Waals surface area contributed by atoms with Crippen LogP contribution in [0.3, 0.4) is 0 Å². The lowest BCUT2D eigenvalue weighted by Gasteiger charge is -2.46. The molecule has 0 radical (unpaired) electrons. The van der Waals surface area contributed by atoms with Crippen LogP contribution in [0, 0.1) is 10.1 Å². The van der Waals surface area contributed by atoms with E-state index in [1.54, 1.807) is 24.3 Å². The maximum Gasteiger partial charge on any atom is 0.269 e. The summed E-state index contributed by atoms with van der Waals surface area (Å²) in [6, 6.07) is 39.2. The molecule has 6 rings (SSSR count). The number of amides is 2. The third-order valence-corrected chi connectivity index (χ3v) is 11.2. The number of hydrogen-bond acceptors (Lipinski definition) is 11. The van der Waals surface area contributed by atoms with Crippen LogP contribution in [0.5, 0.6) is 0 Å². The van der Waals surface area contributed by atoms with E-state index in [4.69, 9.17) is 23.7 Å². The average molecular weight is 853 g/mol. The molecule has 1 aliphatic rings. The molecule has 6 atom stereocenters. The van der Waals surface area contributed by atoms with E-state index in [0.29, 0.717) is 0 Å². The van der Waals surface area contributed by atoms with E-state index in [-0.39, 0.29) is 43.6 Å². The molecule has 15 nitrogen and oxygen atoms in total. The van der Waals surface area contributed by atoms with E-state index >= 15 is 0 Å². The topological polar surface area (TPSA) is 194 Å². The Labute approximate surface area is 354 Å². The van der Waals surface area contributed by atoms with Gasteiger partial charge < -0.3 is 34.3 Å². The van der Waals surface area contributed by atoms with Crippen LogP contribution in [0.25, 0.3) is 0 Å². The van der Waals surface area contributed by atoms with Crippen LogP contribution >= 0.6 is 0 Å². The second-order valence-electron chi connectivity index (χ2n) is 14.3. The predicted molar refractivity (Wildman–Crippen MR) is 224 cm³/mol. The Bertz CT molecular complexity index is 2260. The first-order valence-electron chi connectivity index (χ1n) is 19.6. The lowest BCUT2D eigenvalue weighted by Crippen LogP contribution is -2.66. The summed E-state index contributed by atoms with van der Waals surface area (Å²) < 4.78 is 62.1. The Morgan fingerprint density at radius 2 is 1.21 bits per heavy atom. The van der Waals surface area contributed by atoms with Crippen molar-refractivity contribution in [1.82, 2.24) is 15.4 Å². The molecule has 5 aromatic carbocycles. The summed E-state index contributed by atoms with van der Waals surface area (Å²) in [5.41, 5.74) is 3.10. The minimum absolute atomic E-state index is 0.0000372. The van der Waals surface area contributed by atoms with Gasteiger partial charge in [0.1, 0.15) is 30.4 Å². The summed E-state index contributed by atoms with van der Waals surface area (Å²) in [6.07, 6.45) is -3.92. The van der Waals surface area contributed by atoms with E-state index in [2.05, 4.69) is 15.4 Å². The van der Waals surface area contributed by atoms with Crippen molar-refractivity contribution in [1.29, 1.82) is 0 Å². The first kappa shape index (κ1) is 44.7. The van der Waals surface area contributed by atoms with Crippen molar-refractivity contribution in [2.75, 3.05) is 13.2 Å². The first-order chi connectivity index (χ1) is 29.6. The number of nitro benzene ring substituents is 1. The Morgan fingerprint density at radius 3 is 1.74 bits per heavy atom. The van der Waals surface area contributed by atoms with E-state index < -0.39 is 70.1 Å². The van der Waals surface area contributed by atoms with Crippen molar-refractivity contribution in [2.45, 2.75) is 74.9 Å². The van der Waals surface area contributed by atoms with E-state index in [0.717, 1.165) is 46.5 Å². The normalized spacial score (nSPS) is 19.4. The third-order valence-electron chi connectivity index (χ3n) is 9.69. The van der Waals surface area contributed by atoms with Crippen molar-refractivity contribution < 1.29 is 46.6 Å². The van der Waals surface area contributed by atoms with Crippen LogP contribution in [-0.4, -0.2) is 75.1 Å². The fourth-order valence-electron chi connectivity index (χ4n) is 6.63. The number of hydrogen-bond donors (Lipinski definition) is 3. The molecular formula is C45H48N4O11S. The summed E-state index contributed by atoms with van der Waals surface area (Å²) in [6.45, 7) is 1.36. The highest BCUT2D eigenvalue weighted by Crippen LogP contribution is 2.30. The number of nitrogens with one attached hydrogen (secondary N) is 3. The number of sulfonamides is 1. The molecule has 16 heteroatoms. The number of rotatable bonds is 21.